The van der Waals surface area contributed by atoms with Gasteiger partial charge in [-0.2, -0.15) is 0 Å². The lowest BCUT2D eigenvalue weighted by molar-refractivity contribution is -0.119. The number of hydrogen-bond donors (Lipinski definition) is 1. The fraction of sp³-hybridized carbons (Fsp3) is 0.900. The van der Waals surface area contributed by atoms with E-state index < -0.39 is 0 Å². The van der Waals surface area contributed by atoms with E-state index in [1.165, 1.54) is 25.8 Å². The summed E-state index contributed by atoms with van der Waals surface area (Å²) in [5.74, 6) is 0.127. The lowest BCUT2D eigenvalue weighted by Gasteiger charge is -2.32. The van der Waals surface area contributed by atoms with Crippen molar-refractivity contribution in [3.05, 3.63) is 0 Å². The molecule has 0 aromatic heterocycles. The molecule has 2 saturated heterocycles. The van der Waals surface area contributed by atoms with Crippen LogP contribution < -0.4 is 5.32 Å². The van der Waals surface area contributed by atoms with E-state index in [1.54, 1.807) is 0 Å². The van der Waals surface area contributed by atoms with E-state index in [0.717, 1.165) is 13.0 Å². The second kappa shape index (κ2) is 4.62. The third-order valence-corrected chi connectivity index (χ3v) is 3.83. The first-order chi connectivity index (χ1) is 6.81. The Kier molecular flexibility index (Phi) is 3.44. The number of amides is 1. The second-order valence-electron chi connectivity index (χ2n) is 4.20. The Bertz CT molecular complexity index is 222. The maximum absolute atomic E-state index is 11.3. The zero-order chi connectivity index (χ0) is 9.97. The Hall–Kier alpha value is -0.0900. The Morgan fingerprint density at radius 2 is 2.21 bits per heavy atom. The fourth-order valence-electron chi connectivity index (χ4n) is 2.66. The largest absolute Gasteiger partial charge is 0.351 e. The van der Waals surface area contributed by atoms with Crippen molar-refractivity contribution in [3.63, 3.8) is 0 Å². The minimum absolute atomic E-state index is 0.127. The molecule has 14 heavy (non-hydrogen) atoms. The topological polar surface area (TPSA) is 32.3 Å². The van der Waals surface area contributed by atoms with Gasteiger partial charge in [0.15, 0.2) is 0 Å². The molecule has 3 nitrogen and oxygen atoms in total. The first-order valence-electron chi connectivity index (χ1n) is 5.40. The van der Waals surface area contributed by atoms with E-state index in [2.05, 4.69) is 26.1 Å². The van der Waals surface area contributed by atoms with Crippen LogP contribution in [0.25, 0.3) is 0 Å². The van der Waals surface area contributed by atoms with Crippen molar-refractivity contribution in [3.8, 4) is 0 Å². The van der Waals surface area contributed by atoms with E-state index in [9.17, 15) is 4.79 Å². The molecule has 2 heterocycles. The molecule has 0 aromatic carbocycles. The molecule has 0 aromatic rings. The standard InChI is InChI=1S/C10H17BrN2O/c11-7-10(14)12-8-4-6-13-5-2-1-3-9(8)13/h8-9H,1-7H2,(H,12,14). The van der Waals surface area contributed by atoms with Crippen molar-refractivity contribution >= 4 is 21.8 Å². The average molecular weight is 261 g/mol. The van der Waals surface area contributed by atoms with Gasteiger partial charge in [0.25, 0.3) is 0 Å². The molecule has 4 heteroatoms. The predicted molar refractivity (Wildman–Crippen MR) is 59.6 cm³/mol. The summed E-state index contributed by atoms with van der Waals surface area (Å²) in [6.45, 7) is 2.39. The number of carbonyl (C=O) groups excluding carboxylic acids is 1. The van der Waals surface area contributed by atoms with E-state index in [-0.39, 0.29) is 5.91 Å². The number of carbonyl (C=O) groups is 1. The molecule has 0 bridgehead atoms. The zero-order valence-corrected chi connectivity index (χ0v) is 9.92. The summed E-state index contributed by atoms with van der Waals surface area (Å²) in [5, 5.41) is 3.53. The van der Waals surface area contributed by atoms with Crippen LogP contribution >= 0.6 is 15.9 Å². The van der Waals surface area contributed by atoms with Crippen LogP contribution in [0.15, 0.2) is 0 Å². The van der Waals surface area contributed by atoms with Gasteiger partial charge in [0, 0.05) is 18.6 Å². The number of piperidine rings is 1. The van der Waals surface area contributed by atoms with Gasteiger partial charge in [-0.3, -0.25) is 9.69 Å². The Morgan fingerprint density at radius 1 is 1.36 bits per heavy atom. The highest BCUT2D eigenvalue weighted by Crippen LogP contribution is 2.26. The molecule has 0 radical (unpaired) electrons. The molecule has 2 unspecified atom stereocenters. The van der Waals surface area contributed by atoms with E-state index >= 15 is 0 Å². The predicted octanol–water partition coefficient (Wildman–Crippen LogP) is 1.12. The third-order valence-electron chi connectivity index (χ3n) is 3.32. The van der Waals surface area contributed by atoms with Crippen LogP contribution in [0, 0.1) is 0 Å². The van der Waals surface area contributed by atoms with Crippen LogP contribution in [0.1, 0.15) is 25.7 Å². The van der Waals surface area contributed by atoms with Gasteiger partial charge in [-0.15, -0.1) is 0 Å². The number of fused-ring (bicyclic) bond motifs is 1. The smallest absolute Gasteiger partial charge is 0.230 e. The van der Waals surface area contributed by atoms with Gasteiger partial charge in [-0.1, -0.05) is 22.4 Å². The molecule has 2 rings (SSSR count). The van der Waals surface area contributed by atoms with Gasteiger partial charge < -0.3 is 5.32 Å². The van der Waals surface area contributed by atoms with Gasteiger partial charge in [0.1, 0.15) is 0 Å². The summed E-state index contributed by atoms with van der Waals surface area (Å²) < 4.78 is 0. The minimum atomic E-state index is 0.127. The van der Waals surface area contributed by atoms with Crippen LogP contribution in [-0.4, -0.2) is 41.3 Å². The highest BCUT2D eigenvalue weighted by Gasteiger charge is 2.35. The van der Waals surface area contributed by atoms with Gasteiger partial charge in [-0.05, 0) is 25.8 Å². The molecule has 80 valence electrons. The average Bonchev–Trinajstić information content (AvgIpc) is 2.62. The second-order valence-corrected chi connectivity index (χ2v) is 4.76. The Balaban J connectivity index is 1.90. The zero-order valence-electron chi connectivity index (χ0n) is 8.34. The highest BCUT2D eigenvalue weighted by atomic mass is 79.9. The molecular formula is C10H17BrN2O. The first-order valence-corrected chi connectivity index (χ1v) is 6.53. The SMILES string of the molecule is O=C(CBr)NC1CCN2CCCCC12. The van der Waals surface area contributed by atoms with E-state index in [4.69, 9.17) is 0 Å². The van der Waals surface area contributed by atoms with Gasteiger partial charge in [0.05, 0.1) is 5.33 Å². The molecule has 0 saturated carbocycles. The minimum Gasteiger partial charge on any atom is -0.351 e. The summed E-state index contributed by atoms with van der Waals surface area (Å²) >= 11 is 3.18. The van der Waals surface area contributed by atoms with E-state index in [0.29, 0.717) is 17.4 Å². The van der Waals surface area contributed by atoms with Crippen molar-refractivity contribution in [2.24, 2.45) is 0 Å². The number of nitrogens with zero attached hydrogens (tertiary/aromatic N) is 1. The Labute approximate surface area is 93.4 Å². The molecule has 0 spiro atoms. The number of rotatable bonds is 2. The van der Waals surface area contributed by atoms with E-state index in [1.807, 2.05) is 0 Å². The molecule has 2 aliphatic rings. The highest BCUT2D eigenvalue weighted by molar-refractivity contribution is 9.09. The quantitative estimate of drug-likeness (QED) is 0.756. The normalized spacial score (nSPS) is 32.6. The summed E-state index contributed by atoms with van der Waals surface area (Å²) in [6.07, 6.45) is 5.04. The molecule has 2 fully saturated rings. The summed E-state index contributed by atoms with van der Waals surface area (Å²) in [4.78, 5) is 13.8. The number of nitrogens with one attached hydrogen (secondary N) is 1. The summed E-state index contributed by atoms with van der Waals surface area (Å²) in [7, 11) is 0. The van der Waals surface area contributed by atoms with Crippen molar-refractivity contribution < 1.29 is 4.79 Å². The molecule has 1 N–H and O–H groups in total. The molecule has 0 aliphatic carbocycles. The maximum atomic E-state index is 11.3. The molecule has 2 atom stereocenters. The molecule has 2 aliphatic heterocycles. The number of halogens is 1. The van der Waals surface area contributed by atoms with Gasteiger partial charge in [0.2, 0.25) is 5.91 Å². The van der Waals surface area contributed by atoms with Crippen LogP contribution in [0.3, 0.4) is 0 Å². The lowest BCUT2D eigenvalue weighted by Crippen LogP contribution is -2.47. The maximum Gasteiger partial charge on any atom is 0.230 e. The lowest BCUT2D eigenvalue weighted by atomic mass is 9.99. The van der Waals surface area contributed by atoms with Crippen LogP contribution in [-0.2, 0) is 4.79 Å². The third kappa shape index (κ3) is 2.11. The van der Waals surface area contributed by atoms with Crippen molar-refractivity contribution in [2.75, 3.05) is 18.4 Å². The Morgan fingerprint density at radius 3 is 3.00 bits per heavy atom. The molecule has 1 amide bonds. The van der Waals surface area contributed by atoms with Crippen LogP contribution in [0.2, 0.25) is 0 Å². The van der Waals surface area contributed by atoms with Crippen molar-refractivity contribution in [1.29, 1.82) is 0 Å². The van der Waals surface area contributed by atoms with Gasteiger partial charge in [-0.25, -0.2) is 0 Å². The summed E-state index contributed by atoms with van der Waals surface area (Å²) in [6, 6.07) is 1.02. The fourth-order valence-corrected chi connectivity index (χ4v) is 2.82. The van der Waals surface area contributed by atoms with Crippen molar-refractivity contribution in [2.45, 2.75) is 37.8 Å². The first kappa shape index (κ1) is 10.4. The van der Waals surface area contributed by atoms with Crippen LogP contribution in [0.5, 0.6) is 0 Å². The van der Waals surface area contributed by atoms with Crippen molar-refractivity contribution in [1.82, 2.24) is 10.2 Å². The monoisotopic (exact) mass is 260 g/mol. The van der Waals surface area contributed by atoms with Crippen LogP contribution in [0.4, 0.5) is 0 Å². The molecular weight excluding hydrogens is 244 g/mol. The van der Waals surface area contributed by atoms with Gasteiger partial charge >= 0.3 is 0 Å². The summed E-state index contributed by atoms with van der Waals surface area (Å²) in [5.41, 5.74) is 0. The number of hydrogen-bond acceptors (Lipinski definition) is 2. The number of alkyl halides is 1.